The second-order valence-electron chi connectivity index (χ2n) is 4.06. The van der Waals surface area contributed by atoms with E-state index in [4.69, 9.17) is 0 Å². The minimum atomic E-state index is -0.338. The van der Waals surface area contributed by atoms with Gasteiger partial charge in [0.05, 0.1) is 11.1 Å². The summed E-state index contributed by atoms with van der Waals surface area (Å²) in [6.45, 7) is 0. The molecule has 3 nitrogen and oxygen atoms in total. The number of hydrogen-bond donors (Lipinski definition) is 2. The van der Waals surface area contributed by atoms with Crippen molar-refractivity contribution < 1.29 is 9.59 Å². The van der Waals surface area contributed by atoms with E-state index in [9.17, 15) is 9.59 Å². The van der Waals surface area contributed by atoms with Crippen LogP contribution in [0.4, 0.5) is 0 Å². The van der Waals surface area contributed by atoms with Crippen LogP contribution in [0, 0.1) is 0 Å². The summed E-state index contributed by atoms with van der Waals surface area (Å²) in [4.78, 5) is 24.2. The maximum atomic E-state index is 11.8. The van der Waals surface area contributed by atoms with Crippen molar-refractivity contribution in [2.45, 2.75) is 4.90 Å². The molecule has 0 aromatic heterocycles. The molecule has 0 radical (unpaired) electrons. The zero-order valence-corrected chi connectivity index (χ0v) is 10.2. The SMILES string of the molecule is O=C1NC(=O)c2c1cccc2-c1cccc(S)c1. The molecule has 1 aliphatic heterocycles. The van der Waals surface area contributed by atoms with E-state index < -0.39 is 0 Å². The van der Waals surface area contributed by atoms with Crippen LogP contribution < -0.4 is 5.32 Å². The molecule has 1 aliphatic rings. The van der Waals surface area contributed by atoms with Crippen molar-refractivity contribution in [3.63, 3.8) is 0 Å². The average Bonchev–Trinajstić information content (AvgIpc) is 2.65. The van der Waals surface area contributed by atoms with Crippen LogP contribution in [-0.4, -0.2) is 11.8 Å². The first-order chi connectivity index (χ1) is 8.66. The highest BCUT2D eigenvalue weighted by atomic mass is 32.1. The Morgan fingerprint density at radius 3 is 2.39 bits per heavy atom. The quantitative estimate of drug-likeness (QED) is 0.607. The molecular weight excluding hydrogens is 246 g/mol. The van der Waals surface area contributed by atoms with Gasteiger partial charge < -0.3 is 0 Å². The number of carbonyl (C=O) groups is 2. The van der Waals surface area contributed by atoms with Gasteiger partial charge in [-0.05, 0) is 29.3 Å². The second kappa shape index (κ2) is 3.99. The number of imide groups is 1. The number of benzene rings is 2. The predicted molar refractivity (Wildman–Crippen MR) is 70.9 cm³/mol. The van der Waals surface area contributed by atoms with Gasteiger partial charge >= 0.3 is 0 Å². The van der Waals surface area contributed by atoms with Crippen molar-refractivity contribution >= 4 is 24.4 Å². The van der Waals surface area contributed by atoms with E-state index >= 15 is 0 Å². The standard InChI is InChI=1S/C14H9NO2S/c16-13-11-6-2-5-10(12(11)14(17)15-13)8-3-1-4-9(18)7-8/h1-7,18H,(H,15,16,17). The summed E-state index contributed by atoms with van der Waals surface area (Å²) in [6.07, 6.45) is 0. The zero-order chi connectivity index (χ0) is 12.7. The second-order valence-corrected chi connectivity index (χ2v) is 4.58. The molecule has 18 heavy (non-hydrogen) atoms. The Morgan fingerprint density at radius 1 is 0.889 bits per heavy atom. The third-order valence-electron chi connectivity index (χ3n) is 2.92. The molecule has 0 fully saturated rings. The third-order valence-corrected chi connectivity index (χ3v) is 3.20. The summed E-state index contributed by atoms with van der Waals surface area (Å²) in [5, 5.41) is 2.31. The van der Waals surface area contributed by atoms with E-state index in [2.05, 4.69) is 17.9 Å². The molecule has 0 spiro atoms. The first-order valence-electron chi connectivity index (χ1n) is 5.45. The van der Waals surface area contributed by atoms with Crippen molar-refractivity contribution in [3.05, 3.63) is 53.6 Å². The lowest BCUT2D eigenvalue weighted by atomic mass is 9.97. The smallest absolute Gasteiger partial charge is 0.259 e. The molecule has 0 bridgehead atoms. The minimum absolute atomic E-state index is 0.334. The van der Waals surface area contributed by atoms with Gasteiger partial charge in [0, 0.05) is 4.90 Å². The molecular formula is C14H9NO2S. The van der Waals surface area contributed by atoms with E-state index in [-0.39, 0.29) is 11.8 Å². The summed E-state index contributed by atoms with van der Waals surface area (Å²) >= 11 is 4.28. The van der Waals surface area contributed by atoms with Gasteiger partial charge in [-0.2, -0.15) is 0 Å². The van der Waals surface area contributed by atoms with E-state index in [0.29, 0.717) is 11.1 Å². The molecule has 2 aromatic carbocycles. The van der Waals surface area contributed by atoms with Crippen LogP contribution in [0.3, 0.4) is 0 Å². The summed E-state index contributed by atoms with van der Waals surface area (Å²) in [6, 6.07) is 12.8. The van der Waals surface area contributed by atoms with Crippen molar-refractivity contribution in [1.82, 2.24) is 5.32 Å². The maximum Gasteiger partial charge on any atom is 0.259 e. The van der Waals surface area contributed by atoms with Crippen LogP contribution >= 0.6 is 12.6 Å². The van der Waals surface area contributed by atoms with E-state index in [1.54, 1.807) is 12.1 Å². The highest BCUT2D eigenvalue weighted by Crippen LogP contribution is 2.30. The molecule has 2 amide bonds. The lowest BCUT2D eigenvalue weighted by Gasteiger charge is -2.06. The summed E-state index contributed by atoms with van der Waals surface area (Å²) in [7, 11) is 0. The molecule has 0 saturated heterocycles. The Balaban J connectivity index is 2.26. The fraction of sp³-hybridized carbons (Fsp3) is 0. The van der Waals surface area contributed by atoms with Gasteiger partial charge in [-0.15, -0.1) is 12.6 Å². The number of thiol groups is 1. The van der Waals surface area contributed by atoms with E-state index in [1.807, 2.05) is 30.3 Å². The molecule has 0 atom stereocenters. The first kappa shape index (κ1) is 11.0. The Kier molecular flexibility index (Phi) is 2.45. The number of fused-ring (bicyclic) bond motifs is 1. The van der Waals surface area contributed by atoms with Crippen LogP contribution in [0.15, 0.2) is 47.4 Å². The van der Waals surface area contributed by atoms with E-state index in [1.165, 1.54) is 0 Å². The van der Waals surface area contributed by atoms with Gasteiger partial charge in [0.2, 0.25) is 0 Å². The van der Waals surface area contributed by atoms with Gasteiger partial charge in [-0.25, -0.2) is 0 Å². The Morgan fingerprint density at radius 2 is 1.61 bits per heavy atom. The van der Waals surface area contributed by atoms with Crippen molar-refractivity contribution in [3.8, 4) is 11.1 Å². The van der Waals surface area contributed by atoms with E-state index in [0.717, 1.165) is 16.0 Å². The molecule has 1 N–H and O–H groups in total. The van der Waals surface area contributed by atoms with Crippen LogP contribution in [0.5, 0.6) is 0 Å². The molecule has 3 rings (SSSR count). The van der Waals surface area contributed by atoms with Crippen LogP contribution in [0.2, 0.25) is 0 Å². The van der Waals surface area contributed by atoms with Crippen molar-refractivity contribution in [2.75, 3.05) is 0 Å². The molecule has 2 aromatic rings. The number of amides is 2. The molecule has 0 unspecified atom stereocenters. The number of carbonyl (C=O) groups excluding carboxylic acids is 2. The topological polar surface area (TPSA) is 46.2 Å². The van der Waals surface area contributed by atoms with Gasteiger partial charge in [0.15, 0.2) is 0 Å². The van der Waals surface area contributed by atoms with Crippen molar-refractivity contribution in [2.24, 2.45) is 0 Å². The molecule has 0 aliphatic carbocycles. The van der Waals surface area contributed by atoms with Crippen LogP contribution in [0.25, 0.3) is 11.1 Å². The van der Waals surface area contributed by atoms with Crippen LogP contribution in [0.1, 0.15) is 20.7 Å². The largest absolute Gasteiger partial charge is 0.288 e. The van der Waals surface area contributed by atoms with Gasteiger partial charge in [-0.1, -0.05) is 24.3 Å². The van der Waals surface area contributed by atoms with Crippen molar-refractivity contribution in [1.29, 1.82) is 0 Å². The lowest BCUT2D eigenvalue weighted by molar-refractivity contribution is 0.0880. The molecule has 0 saturated carbocycles. The molecule has 88 valence electrons. The Bertz CT molecular complexity index is 679. The number of rotatable bonds is 1. The Hall–Kier alpha value is -2.07. The monoisotopic (exact) mass is 255 g/mol. The van der Waals surface area contributed by atoms with Gasteiger partial charge in [-0.3, -0.25) is 14.9 Å². The fourth-order valence-electron chi connectivity index (χ4n) is 2.13. The first-order valence-corrected chi connectivity index (χ1v) is 5.89. The zero-order valence-electron chi connectivity index (χ0n) is 9.31. The minimum Gasteiger partial charge on any atom is -0.288 e. The predicted octanol–water partition coefficient (Wildman–Crippen LogP) is 2.53. The Labute approximate surface area is 109 Å². The average molecular weight is 255 g/mol. The lowest BCUT2D eigenvalue weighted by Crippen LogP contribution is -2.20. The van der Waals surface area contributed by atoms with Crippen LogP contribution in [-0.2, 0) is 0 Å². The maximum absolute atomic E-state index is 11.8. The highest BCUT2D eigenvalue weighted by Gasteiger charge is 2.29. The molecule has 1 heterocycles. The highest BCUT2D eigenvalue weighted by molar-refractivity contribution is 7.80. The summed E-state index contributed by atoms with van der Waals surface area (Å²) in [5.74, 6) is -0.672. The van der Waals surface area contributed by atoms with Gasteiger partial charge in [0.25, 0.3) is 11.8 Å². The third kappa shape index (κ3) is 1.62. The summed E-state index contributed by atoms with van der Waals surface area (Å²) < 4.78 is 0. The molecule has 4 heteroatoms. The number of hydrogen-bond acceptors (Lipinski definition) is 3. The number of nitrogens with one attached hydrogen (secondary N) is 1. The summed E-state index contributed by atoms with van der Waals surface area (Å²) in [5.41, 5.74) is 2.51. The normalized spacial score (nSPS) is 13.4. The van der Waals surface area contributed by atoms with Gasteiger partial charge in [0.1, 0.15) is 0 Å². The fourth-order valence-corrected chi connectivity index (χ4v) is 2.36.